The number of benzene rings is 1. The van der Waals surface area contributed by atoms with Gasteiger partial charge in [0.05, 0.1) is 23.2 Å². The van der Waals surface area contributed by atoms with E-state index in [-0.39, 0.29) is 28.0 Å². The Bertz CT molecular complexity index is 1040. The van der Waals surface area contributed by atoms with Gasteiger partial charge in [0.25, 0.3) is 5.91 Å². The third kappa shape index (κ3) is 6.63. The molecular formula is C19H26ClN5O4S. The number of aromatic nitrogens is 2. The maximum atomic E-state index is 12.6. The molecule has 11 heteroatoms. The average molecular weight is 456 g/mol. The first kappa shape index (κ1) is 24.0. The van der Waals surface area contributed by atoms with Gasteiger partial charge < -0.3 is 15.7 Å². The van der Waals surface area contributed by atoms with Crippen LogP contribution < -0.4 is 15.4 Å². The fourth-order valence-electron chi connectivity index (χ4n) is 2.36. The van der Waals surface area contributed by atoms with Crippen LogP contribution in [0.3, 0.4) is 0 Å². The molecule has 164 valence electrons. The number of halogens is 1. The van der Waals surface area contributed by atoms with Crippen molar-refractivity contribution >= 4 is 39.0 Å². The number of carbonyl (C=O) groups is 1. The Morgan fingerprint density at radius 1 is 1.20 bits per heavy atom. The van der Waals surface area contributed by atoms with Gasteiger partial charge in [0.1, 0.15) is 5.82 Å². The van der Waals surface area contributed by atoms with Crippen molar-refractivity contribution in [2.45, 2.75) is 50.6 Å². The first-order valence-corrected chi connectivity index (χ1v) is 11.0. The standard InChI is InChI=1S/C19H26ClN5O4S/c1-18(2,3)25-30(28,29)13-8-6-7-12(9-13)22-17(27)15-16(20)23-14(10-21-15)24-19(4,5)11-26/h6-10,25-26H,11H2,1-5H3,(H,22,27)(H,23,24). The van der Waals surface area contributed by atoms with Crippen LogP contribution in [0.25, 0.3) is 0 Å². The van der Waals surface area contributed by atoms with Gasteiger partial charge in [-0.3, -0.25) is 4.79 Å². The summed E-state index contributed by atoms with van der Waals surface area (Å²) in [7, 11) is -3.76. The molecule has 1 heterocycles. The Labute approximate surface area is 181 Å². The van der Waals surface area contributed by atoms with Crippen LogP contribution in [0.5, 0.6) is 0 Å². The summed E-state index contributed by atoms with van der Waals surface area (Å²) in [4.78, 5) is 20.7. The molecule has 0 spiro atoms. The quantitative estimate of drug-likeness (QED) is 0.504. The zero-order valence-corrected chi connectivity index (χ0v) is 19.0. The second-order valence-electron chi connectivity index (χ2n) is 8.40. The lowest BCUT2D eigenvalue weighted by Gasteiger charge is -2.24. The van der Waals surface area contributed by atoms with E-state index >= 15 is 0 Å². The largest absolute Gasteiger partial charge is 0.394 e. The van der Waals surface area contributed by atoms with Crippen LogP contribution in [0, 0.1) is 0 Å². The van der Waals surface area contributed by atoms with E-state index in [1.165, 1.54) is 24.4 Å². The number of hydrogen-bond acceptors (Lipinski definition) is 7. The van der Waals surface area contributed by atoms with Crippen molar-refractivity contribution in [2.75, 3.05) is 17.2 Å². The summed E-state index contributed by atoms with van der Waals surface area (Å²) < 4.78 is 27.5. The first-order valence-electron chi connectivity index (χ1n) is 9.09. The van der Waals surface area contributed by atoms with Crippen molar-refractivity contribution in [3.8, 4) is 0 Å². The Balaban J connectivity index is 2.21. The highest BCUT2D eigenvalue weighted by atomic mass is 35.5. The number of nitrogens with zero attached hydrogens (tertiary/aromatic N) is 2. The summed E-state index contributed by atoms with van der Waals surface area (Å²) in [6.07, 6.45) is 1.33. The summed E-state index contributed by atoms with van der Waals surface area (Å²) in [5.74, 6) is -0.337. The molecule has 1 amide bonds. The van der Waals surface area contributed by atoms with E-state index in [9.17, 15) is 18.3 Å². The number of anilines is 2. The second kappa shape index (κ2) is 8.84. The van der Waals surface area contributed by atoms with Gasteiger partial charge in [-0.15, -0.1) is 0 Å². The minimum absolute atomic E-state index is 0.0122. The van der Waals surface area contributed by atoms with Crippen LogP contribution in [0.15, 0.2) is 35.4 Å². The smallest absolute Gasteiger partial charge is 0.277 e. The summed E-state index contributed by atoms with van der Waals surface area (Å²) in [6, 6.07) is 5.84. The maximum absolute atomic E-state index is 12.6. The molecule has 0 atom stereocenters. The zero-order valence-electron chi connectivity index (χ0n) is 17.4. The van der Waals surface area contributed by atoms with E-state index < -0.39 is 27.0 Å². The van der Waals surface area contributed by atoms with Gasteiger partial charge in [0.2, 0.25) is 10.0 Å². The van der Waals surface area contributed by atoms with Gasteiger partial charge >= 0.3 is 0 Å². The van der Waals surface area contributed by atoms with Gasteiger partial charge in [-0.05, 0) is 52.8 Å². The number of aliphatic hydroxyl groups excluding tert-OH is 1. The number of hydrogen-bond donors (Lipinski definition) is 4. The van der Waals surface area contributed by atoms with E-state index in [2.05, 4.69) is 25.3 Å². The number of rotatable bonds is 7. The predicted molar refractivity (Wildman–Crippen MR) is 116 cm³/mol. The fourth-order valence-corrected chi connectivity index (χ4v) is 4.05. The lowest BCUT2D eigenvalue weighted by Crippen LogP contribution is -2.40. The van der Waals surface area contributed by atoms with Crippen molar-refractivity contribution in [1.29, 1.82) is 0 Å². The summed E-state index contributed by atoms with van der Waals surface area (Å²) >= 11 is 6.10. The molecule has 30 heavy (non-hydrogen) atoms. The van der Waals surface area contributed by atoms with Crippen molar-refractivity contribution in [3.05, 3.63) is 41.3 Å². The lowest BCUT2D eigenvalue weighted by molar-refractivity contribution is 0.102. The van der Waals surface area contributed by atoms with Crippen molar-refractivity contribution in [3.63, 3.8) is 0 Å². The van der Waals surface area contributed by atoms with E-state index in [4.69, 9.17) is 11.6 Å². The zero-order chi connectivity index (χ0) is 22.7. The minimum Gasteiger partial charge on any atom is -0.394 e. The van der Waals surface area contributed by atoms with Crippen LogP contribution in [0.4, 0.5) is 11.5 Å². The highest BCUT2D eigenvalue weighted by Gasteiger charge is 2.23. The molecule has 0 bridgehead atoms. The molecule has 0 fully saturated rings. The summed E-state index contributed by atoms with van der Waals surface area (Å²) in [6.45, 7) is 8.58. The van der Waals surface area contributed by atoms with Crippen LogP contribution in [-0.2, 0) is 10.0 Å². The lowest BCUT2D eigenvalue weighted by atomic mass is 10.1. The third-order valence-electron chi connectivity index (χ3n) is 3.65. The highest BCUT2D eigenvalue weighted by molar-refractivity contribution is 7.89. The van der Waals surface area contributed by atoms with E-state index in [0.29, 0.717) is 5.82 Å². The molecule has 0 aliphatic heterocycles. The molecule has 1 aromatic carbocycles. The molecule has 0 saturated heterocycles. The number of aliphatic hydroxyl groups is 1. The van der Waals surface area contributed by atoms with E-state index in [1.54, 1.807) is 40.7 Å². The van der Waals surface area contributed by atoms with Crippen LogP contribution >= 0.6 is 11.6 Å². The van der Waals surface area contributed by atoms with Crippen molar-refractivity contribution in [2.24, 2.45) is 0 Å². The SMILES string of the molecule is CC(C)(C)NS(=O)(=O)c1cccc(NC(=O)c2ncc(NC(C)(C)CO)nc2Cl)c1. The highest BCUT2D eigenvalue weighted by Crippen LogP contribution is 2.21. The topological polar surface area (TPSA) is 133 Å². The first-order chi connectivity index (χ1) is 13.7. The van der Waals surface area contributed by atoms with Gasteiger partial charge in [-0.2, -0.15) is 0 Å². The molecular weight excluding hydrogens is 430 g/mol. The molecule has 0 unspecified atom stereocenters. The summed E-state index contributed by atoms with van der Waals surface area (Å²) in [5.41, 5.74) is -1.15. The third-order valence-corrected chi connectivity index (χ3v) is 5.67. The molecule has 0 saturated carbocycles. The van der Waals surface area contributed by atoms with Gasteiger partial charge in [0, 0.05) is 11.2 Å². The Morgan fingerprint density at radius 2 is 1.87 bits per heavy atom. The normalized spacial score (nSPS) is 12.5. The summed E-state index contributed by atoms with van der Waals surface area (Å²) in [5, 5.41) is 14.7. The average Bonchev–Trinajstić information content (AvgIpc) is 2.59. The number of amides is 1. The fraction of sp³-hybridized carbons (Fsp3) is 0.421. The number of sulfonamides is 1. The molecule has 1 aromatic heterocycles. The number of nitrogens with one attached hydrogen (secondary N) is 3. The van der Waals surface area contributed by atoms with Gasteiger partial charge in [-0.1, -0.05) is 17.7 Å². The Morgan fingerprint density at radius 3 is 2.43 bits per heavy atom. The molecule has 2 rings (SSSR count). The molecule has 9 nitrogen and oxygen atoms in total. The second-order valence-corrected chi connectivity index (χ2v) is 10.4. The Hall–Kier alpha value is -2.27. The van der Waals surface area contributed by atoms with Crippen molar-refractivity contribution < 1.29 is 18.3 Å². The molecule has 2 aromatic rings. The van der Waals surface area contributed by atoms with E-state index in [0.717, 1.165) is 0 Å². The van der Waals surface area contributed by atoms with Gasteiger partial charge in [-0.25, -0.2) is 23.1 Å². The van der Waals surface area contributed by atoms with E-state index in [1.807, 2.05) is 0 Å². The van der Waals surface area contributed by atoms with Crippen LogP contribution in [-0.4, -0.2) is 47.1 Å². The minimum atomic E-state index is -3.76. The molecule has 0 aliphatic carbocycles. The monoisotopic (exact) mass is 455 g/mol. The van der Waals surface area contributed by atoms with Crippen LogP contribution in [0.1, 0.15) is 45.1 Å². The predicted octanol–water partition coefficient (Wildman–Crippen LogP) is 2.64. The van der Waals surface area contributed by atoms with Crippen LogP contribution in [0.2, 0.25) is 5.15 Å². The van der Waals surface area contributed by atoms with Crippen molar-refractivity contribution in [1.82, 2.24) is 14.7 Å². The molecule has 4 N–H and O–H groups in total. The molecule has 0 aliphatic rings. The Kier molecular flexibility index (Phi) is 7.08. The number of carbonyl (C=O) groups excluding carboxylic acids is 1. The molecule has 0 radical (unpaired) electrons. The van der Waals surface area contributed by atoms with Gasteiger partial charge in [0.15, 0.2) is 10.8 Å². The maximum Gasteiger partial charge on any atom is 0.277 e.